The molecule has 32 heavy (non-hydrogen) atoms. The van der Waals surface area contributed by atoms with E-state index in [0.717, 1.165) is 25.1 Å². The van der Waals surface area contributed by atoms with E-state index in [-0.39, 0.29) is 30.9 Å². The van der Waals surface area contributed by atoms with E-state index >= 15 is 0 Å². The Kier molecular flexibility index (Phi) is 6.18. The van der Waals surface area contributed by atoms with E-state index < -0.39 is 11.7 Å². The molecule has 0 unspecified atom stereocenters. The zero-order valence-corrected chi connectivity index (χ0v) is 19.7. The number of piperazine rings is 1. The molecular formula is C23H35N5O4. The number of likely N-dealkylation sites (tertiary alicyclic amines) is 1. The van der Waals surface area contributed by atoms with E-state index in [1.54, 1.807) is 25.7 Å². The molecule has 9 heteroatoms. The summed E-state index contributed by atoms with van der Waals surface area (Å²) in [5.41, 5.74) is 1.97. The highest BCUT2D eigenvalue weighted by Gasteiger charge is 2.35. The van der Waals surface area contributed by atoms with Crippen molar-refractivity contribution in [1.29, 1.82) is 0 Å². The SMILES string of the molecule is Cc1nc2c(n1[C@H]1CCN(C(=O)CN3CCN(C(=O)OC(C)(C)C)CC3=O)C1)CCCC2. The van der Waals surface area contributed by atoms with E-state index in [1.807, 2.05) is 4.90 Å². The standard InChI is InChI=1S/C23H35N5O4/c1-16-24-18-7-5-6-8-19(18)28(16)17-9-10-25(13-17)20(29)14-26-11-12-27(15-21(26)30)22(31)32-23(2,3)4/h17H,5-15H2,1-4H3/t17-/m0/s1. The first-order chi connectivity index (χ1) is 15.1. The molecule has 1 aliphatic carbocycles. The monoisotopic (exact) mass is 445 g/mol. The molecule has 2 saturated heterocycles. The van der Waals surface area contributed by atoms with Crippen LogP contribution in [0.2, 0.25) is 0 Å². The van der Waals surface area contributed by atoms with Gasteiger partial charge in [0.15, 0.2) is 0 Å². The fraction of sp³-hybridized carbons (Fsp3) is 0.739. The Balaban J connectivity index is 1.32. The fourth-order valence-corrected chi connectivity index (χ4v) is 4.98. The van der Waals surface area contributed by atoms with Crippen LogP contribution in [0.25, 0.3) is 0 Å². The molecule has 0 saturated carbocycles. The molecular weight excluding hydrogens is 410 g/mol. The van der Waals surface area contributed by atoms with Crippen LogP contribution in [-0.4, -0.2) is 87.0 Å². The predicted molar refractivity (Wildman–Crippen MR) is 118 cm³/mol. The summed E-state index contributed by atoms with van der Waals surface area (Å²) < 4.78 is 7.71. The van der Waals surface area contributed by atoms with Crippen LogP contribution in [0.3, 0.4) is 0 Å². The summed E-state index contributed by atoms with van der Waals surface area (Å²) in [6, 6.07) is 0.257. The van der Waals surface area contributed by atoms with Gasteiger partial charge >= 0.3 is 6.09 Å². The second kappa shape index (κ2) is 8.75. The van der Waals surface area contributed by atoms with Crippen molar-refractivity contribution in [3.8, 4) is 0 Å². The molecule has 0 N–H and O–H groups in total. The first kappa shape index (κ1) is 22.6. The van der Waals surface area contributed by atoms with Crippen LogP contribution >= 0.6 is 0 Å². The lowest BCUT2D eigenvalue weighted by atomic mass is 10.0. The topological polar surface area (TPSA) is 88.0 Å². The molecule has 0 bridgehead atoms. The Morgan fingerprint density at radius 2 is 1.84 bits per heavy atom. The van der Waals surface area contributed by atoms with Crippen LogP contribution in [0.15, 0.2) is 0 Å². The number of carbonyl (C=O) groups excluding carboxylic acids is 3. The third-order valence-corrected chi connectivity index (χ3v) is 6.52. The number of aromatic nitrogens is 2. The van der Waals surface area contributed by atoms with Gasteiger partial charge in [-0.1, -0.05) is 0 Å². The van der Waals surface area contributed by atoms with Crippen molar-refractivity contribution < 1.29 is 19.1 Å². The fourth-order valence-electron chi connectivity index (χ4n) is 4.98. The molecule has 9 nitrogen and oxygen atoms in total. The minimum Gasteiger partial charge on any atom is -0.444 e. The highest BCUT2D eigenvalue weighted by molar-refractivity contribution is 5.88. The average Bonchev–Trinajstić information content (AvgIpc) is 3.31. The van der Waals surface area contributed by atoms with E-state index in [9.17, 15) is 14.4 Å². The highest BCUT2D eigenvalue weighted by atomic mass is 16.6. The number of hydrogen-bond donors (Lipinski definition) is 0. The molecule has 176 valence electrons. The van der Waals surface area contributed by atoms with Crippen molar-refractivity contribution in [2.75, 3.05) is 39.3 Å². The Hall–Kier alpha value is -2.58. The second-order valence-corrected chi connectivity index (χ2v) is 10.1. The van der Waals surface area contributed by atoms with Crippen molar-refractivity contribution in [3.05, 3.63) is 17.2 Å². The quantitative estimate of drug-likeness (QED) is 0.709. The van der Waals surface area contributed by atoms with Gasteiger partial charge in [-0.25, -0.2) is 9.78 Å². The summed E-state index contributed by atoms with van der Waals surface area (Å²) in [4.78, 5) is 47.4. The van der Waals surface area contributed by atoms with E-state index in [2.05, 4.69) is 11.5 Å². The van der Waals surface area contributed by atoms with Gasteiger partial charge in [0.25, 0.3) is 0 Å². The molecule has 0 spiro atoms. The van der Waals surface area contributed by atoms with Gasteiger partial charge in [0.05, 0.1) is 18.3 Å². The zero-order chi connectivity index (χ0) is 23.0. The van der Waals surface area contributed by atoms with Crippen molar-refractivity contribution in [1.82, 2.24) is 24.3 Å². The largest absolute Gasteiger partial charge is 0.444 e. The average molecular weight is 446 g/mol. The number of hydrogen-bond acceptors (Lipinski definition) is 5. The van der Waals surface area contributed by atoms with Gasteiger partial charge in [-0.2, -0.15) is 0 Å². The molecule has 3 amide bonds. The summed E-state index contributed by atoms with van der Waals surface area (Å²) in [7, 11) is 0. The van der Waals surface area contributed by atoms with Gasteiger partial charge in [-0.15, -0.1) is 0 Å². The van der Waals surface area contributed by atoms with Crippen LogP contribution in [0, 0.1) is 6.92 Å². The summed E-state index contributed by atoms with van der Waals surface area (Å²) >= 11 is 0. The summed E-state index contributed by atoms with van der Waals surface area (Å²) in [6.45, 7) is 9.54. The lowest BCUT2D eigenvalue weighted by molar-refractivity contribution is -0.143. The minimum atomic E-state index is -0.605. The number of amides is 3. The number of carbonyl (C=O) groups is 3. The van der Waals surface area contributed by atoms with Crippen LogP contribution < -0.4 is 0 Å². The van der Waals surface area contributed by atoms with Crippen molar-refractivity contribution in [3.63, 3.8) is 0 Å². The molecule has 4 rings (SSSR count). The third-order valence-electron chi connectivity index (χ3n) is 6.52. The molecule has 0 radical (unpaired) electrons. The van der Waals surface area contributed by atoms with Gasteiger partial charge in [-0.3, -0.25) is 14.5 Å². The Labute approximate surface area is 189 Å². The Bertz CT molecular complexity index is 903. The maximum atomic E-state index is 13.0. The normalized spacial score (nSPS) is 21.7. The molecule has 3 heterocycles. The Morgan fingerprint density at radius 3 is 2.56 bits per heavy atom. The predicted octanol–water partition coefficient (Wildman–Crippen LogP) is 1.92. The minimum absolute atomic E-state index is 0.0294. The number of aryl methyl sites for hydroxylation is 2. The van der Waals surface area contributed by atoms with Crippen molar-refractivity contribution in [2.45, 2.75) is 71.4 Å². The van der Waals surface area contributed by atoms with E-state index in [4.69, 9.17) is 9.72 Å². The number of imidazole rings is 1. The molecule has 1 atom stereocenters. The zero-order valence-electron chi connectivity index (χ0n) is 19.7. The maximum absolute atomic E-state index is 13.0. The number of rotatable bonds is 3. The molecule has 1 aromatic heterocycles. The summed E-state index contributed by atoms with van der Waals surface area (Å²) in [5, 5.41) is 0. The van der Waals surface area contributed by atoms with Gasteiger partial charge in [0, 0.05) is 31.9 Å². The number of nitrogens with zero attached hydrogens (tertiary/aromatic N) is 5. The van der Waals surface area contributed by atoms with Gasteiger partial charge in [-0.05, 0) is 59.8 Å². The van der Waals surface area contributed by atoms with Crippen LogP contribution in [0.4, 0.5) is 4.79 Å². The maximum Gasteiger partial charge on any atom is 0.410 e. The molecule has 0 aromatic carbocycles. The lowest BCUT2D eigenvalue weighted by Gasteiger charge is -2.35. The smallest absolute Gasteiger partial charge is 0.410 e. The van der Waals surface area contributed by atoms with Crippen LogP contribution in [-0.2, 0) is 27.2 Å². The van der Waals surface area contributed by atoms with E-state index in [1.165, 1.54) is 29.1 Å². The van der Waals surface area contributed by atoms with Gasteiger partial charge < -0.3 is 19.1 Å². The summed E-state index contributed by atoms with van der Waals surface area (Å²) in [6.07, 6.45) is 4.94. The second-order valence-electron chi connectivity index (χ2n) is 10.1. The number of fused-ring (bicyclic) bond motifs is 1. The lowest BCUT2D eigenvalue weighted by Crippen LogP contribution is -2.55. The molecule has 2 aliphatic heterocycles. The first-order valence-corrected chi connectivity index (χ1v) is 11.7. The highest BCUT2D eigenvalue weighted by Crippen LogP contribution is 2.30. The Morgan fingerprint density at radius 1 is 1.09 bits per heavy atom. The summed E-state index contributed by atoms with van der Waals surface area (Å²) in [5.74, 6) is 0.800. The van der Waals surface area contributed by atoms with Crippen LogP contribution in [0.5, 0.6) is 0 Å². The van der Waals surface area contributed by atoms with Gasteiger partial charge in [0.2, 0.25) is 11.8 Å². The molecule has 1 aromatic rings. The number of ether oxygens (including phenoxy) is 1. The van der Waals surface area contributed by atoms with Crippen molar-refractivity contribution in [2.24, 2.45) is 0 Å². The molecule has 2 fully saturated rings. The van der Waals surface area contributed by atoms with Crippen LogP contribution in [0.1, 0.15) is 63.3 Å². The van der Waals surface area contributed by atoms with Gasteiger partial charge in [0.1, 0.15) is 18.0 Å². The first-order valence-electron chi connectivity index (χ1n) is 11.7. The van der Waals surface area contributed by atoms with E-state index in [0.29, 0.717) is 26.2 Å². The third kappa shape index (κ3) is 4.76. The van der Waals surface area contributed by atoms with Crippen molar-refractivity contribution >= 4 is 17.9 Å². The molecule has 3 aliphatic rings.